The number of anilines is 1. The first kappa shape index (κ1) is 16.3. The molecule has 0 aromatic heterocycles. The molecule has 5 nitrogen and oxygen atoms in total. The highest BCUT2D eigenvalue weighted by Gasteiger charge is 2.33. The summed E-state index contributed by atoms with van der Waals surface area (Å²) in [5.41, 5.74) is 0.947. The molecule has 1 fully saturated rings. The molecule has 0 spiro atoms. The van der Waals surface area contributed by atoms with E-state index in [1.807, 2.05) is 0 Å². The van der Waals surface area contributed by atoms with Gasteiger partial charge >= 0.3 is 0 Å². The maximum Gasteiger partial charge on any atom is 0.270 e. The molecule has 3 rings (SSSR count). The van der Waals surface area contributed by atoms with Crippen LogP contribution in [-0.2, 0) is 4.79 Å². The van der Waals surface area contributed by atoms with E-state index in [1.54, 1.807) is 18.2 Å². The summed E-state index contributed by atoms with van der Waals surface area (Å²) < 4.78 is 13.3. The lowest BCUT2D eigenvalue weighted by atomic mass is 10.2. The molecule has 120 valence electrons. The Morgan fingerprint density at radius 3 is 2.58 bits per heavy atom. The van der Waals surface area contributed by atoms with Crippen molar-refractivity contribution in [3.63, 3.8) is 0 Å². The second-order valence-corrected chi connectivity index (χ2v) is 6.52. The van der Waals surface area contributed by atoms with Crippen molar-refractivity contribution in [1.29, 1.82) is 0 Å². The minimum absolute atomic E-state index is 0.0576. The number of carbonyl (C=O) groups is 1. The lowest BCUT2D eigenvalue weighted by Crippen LogP contribution is -2.27. The lowest BCUT2D eigenvalue weighted by Gasteiger charge is -2.14. The molecule has 2 aromatic rings. The molecule has 0 bridgehead atoms. The summed E-state index contributed by atoms with van der Waals surface area (Å²) in [5, 5.41) is 10.8. The Labute approximate surface area is 145 Å². The third-order valence-corrected chi connectivity index (χ3v) is 4.56. The monoisotopic (exact) mass is 360 g/mol. The largest absolute Gasteiger partial charge is 0.270 e. The van der Waals surface area contributed by atoms with Crippen LogP contribution in [0.1, 0.15) is 5.56 Å². The van der Waals surface area contributed by atoms with Crippen molar-refractivity contribution in [1.82, 2.24) is 0 Å². The van der Waals surface area contributed by atoms with Gasteiger partial charge in [-0.05, 0) is 35.9 Å². The number of carbonyl (C=O) groups excluding carboxylic acids is 1. The molecule has 0 aliphatic carbocycles. The first-order valence-corrected chi connectivity index (χ1v) is 7.96. The van der Waals surface area contributed by atoms with Gasteiger partial charge in [0.2, 0.25) is 0 Å². The third kappa shape index (κ3) is 3.19. The molecular formula is C16H9FN2O3S2. The zero-order chi connectivity index (χ0) is 17.3. The normalized spacial score (nSPS) is 16.0. The van der Waals surface area contributed by atoms with Crippen LogP contribution in [0.2, 0.25) is 0 Å². The number of halogens is 1. The number of rotatable bonds is 3. The Hall–Kier alpha value is -2.58. The van der Waals surface area contributed by atoms with E-state index in [-0.39, 0.29) is 11.6 Å². The number of nitrogens with zero attached hydrogens (tertiary/aromatic N) is 2. The third-order valence-electron chi connectivity index (χ3n) is 3.26. The summed E-state index contributed by atoms with van der Waals surface area (Å²) >= 11 is 6.31. The zero-order valence-electron chi connectivity index (χ0n) is 12.0. The van der Waals surface area contributed by atoms with E-state index in [4.69, 9.17) is 12.2 Å². The first-order chi connectivity index (χ1) is 11.5. The minimum Gasteiger partial charge on any atom is -0.268 e. The van der Waals surface area contributed by atoms with Crippen LogP contribution >= 0.6 is 24.0 Å². The number of thioether (sulfide) groups is 1. The van der Waals surface area contributed by atoms with Gasteiger partial charge in [0.1, 0.15) is 5.82 Å². The quantitative estimate of drug-likeness (QED) is 0.356. The number of benzene rings is 2. The molecule has 1 saturated heterocycles. The second-order valence-electron chi connectivity index (χ2n) is 4.85. The molecule has 0 saturated carbocycles. The van der Waals surface area contributed by atoms with E-state index in [2.05, 4.69) is 0 Å². The van der Waals surface area contributed by atoms with Crippen LogP contribution in [0.5, 0.6) is 0 Å². The Morgan fingerprint density at radius 1 is 1.21 bits per heavy atom. The van der Waals surface area contributed by atoms with Crippen molar-refractivity contribution in [3.05, 3.63) is 74.9 Å². The van der Waals surface area contributed by atoms with Crippen LogP contribution in [0, 0.1) is 15.9 Å². The maximum atomic E-state index is 13.0. The van der Waals surface area contributed by atoms with Crippen LogP contribution in [0.15, 0.2) is 53.4 Å². The fourth-order valence-corrected chi connectivity index (χ4v) is 3.46. The van der Waals surface area contributed by atoms with Gasteiger partial charge in [-0.15, -0.1) is 0 Å². The number of amides is 1. The number of non-ortho nitro benzene ring substituents is 1. The molecule has 2 aromatic carbocycles. The van der Waals surface area contributed by atoms with E-state index in [0.29, 0.717) is 20.5 Å². The fraction of sp³-hybridized carbons (Fsp3) is 0. The van der Waals surface area contributed by atoms with Crippen LogP contribution in [0.25, 0.3) is 6.08 Å². The van der Waals surface area contributed by atoms with Gasteiger partial charge in [0.25, 0.3) is 11.6 Å². The molecular weight excluding hydrogens is 351 g/mol. The Bertz CT molecular complexity index is 881. The average Bonchev–Trinajstić information content (AvgIpc) is 2.83. The van der Waals surface area contributed by atoms with Crippen molar-refractivity contribution in [2.24, 2.45) is 0 Å². The highest BCUT2D eigenvalue weighted by molar-refractivity contribution is 8.27. The van der Waals surface area contributed by atoms with Crippen LogP contribution in [0.4, 0.5) is 15.8 Å². The number of nitro benzene ring substituents is 1. The van der Waals surface area contributed by atoms with E-state index < -0.39 is 10.7 Å². The van der Waals surface area contributed by atoms with Crippen LogP contribution in [-0.4, -0.2) is 15.2 Å². The molecule has 8 heteroatoms. The molecule has 1 heterocycles. The molecule has 1 amide bonds. The summed E-state index contributed by atoms with van der Waals surface area (Å²) in [4.78, 5) is 24.5. The number of hydrogen-bond donors (Lipinski definition) is 0. The highest BCUT2D eigenvalue weighted by Crippen LogP contribution is 2.36. The predicted octanol–water partition coefficient (Wildman–Crippen LogP) is 4.14. The zero-order valence-corrected chi connectivity index (χ0v) is 13.6. The van der Waals surface area contributed by atoms with Crippen molar-refractivity contribution >= 4 is 51.7 Å². The summed E-state index contributed by atoms with van der Waals surface area (Å²) in [6.45, 7) is 0. The van der Waals surface area contributed by atoms with Crippen LogP contribution in [0.3, 0.4) is 0 Å². The van der Waals surface area contributed by atoms with Gasteiger partial charge < -0.3 is 0 Å². The van der Waals surface area contributed by atoms with Gasteiger partial charge in [0, 0.05) is 12.1 Å². The Kier molecular flexibility index (Phi) is 4.41. The molecule has 0 unspecified atom stereocenters. The number of thiocarbonyl (C=S) groups is 1. The minimum atomic E-state index is -0.499. The van der Waals surface area contributed by atoms with E-state index in [9.17, 15) is 19.3 Å². The lowest BCUT2D eigenvalue weighted by molar-refractivity contribution is -0.384. The highest BCUT2D eigenvalue weighted by atomic mass is 32.2. The van der Waals surface area contributed by atoms with Crippen molar-refractivity contribution in [3.8, 4) is 0 Å². The summed E-state index contributed by atoms with van der Waals surface area (Å²) in [6.07, 6.45) is 1.55. The molecule has 1 aliphatic heterocycles. The SMILES string of the molecule is O=C1C(=Cc2cccc([N+](=O)[O-])c2)SC(=S)N1c1ccc(F)cc1. The topological polar surface area (TPSA) is 63.4 Å². The van der Waals surface area contributed by atoms with Crippen molar-refractivity contribution < 1.29 is 14.1 Å². The van der Waals surface area contributed by atoms with Crippen molar-refractivity contribution in [2.75, 3.05) is 4.90 Å². The van der Waals surface area contributed by atoms with Gasteiger partial charge in [0.05, 0.1) is 15.5 Å². The maximum absolute atomic E-state index is 13.0. The van der Waals surface area contributed by atoms with Gasteiger partial charge in [-0.3, -0.25) is 19.8 Å². The summed E-state index contributed by atoms with van der Waals surface area (Å²) in [5.74, 6) is -0.751. The Morgan fingerprint density at radius 2 is 1.92 bits per heavy atom. The molecule has 0 radical (unpaired) electrons. The predicted molar refractivity (Wildman–Crippen MR) is 95.1 cm³/mol. The summed E-state index contributed by atoms with van der Waals surface area (Å²) in [6, 6.07) is 11.4. The Balaban J connectivity index is 1.92. The van der Waals surface area contributed by atoms with Crippen LogP contribution < -0.4 is 4.90 Å². The molecule has 0 atom stereocenters. The standard InChI is InChI=1S/C16H9FN2O3S2/c17-11-4-6-12(7-5-11)18-15(20)14(24-16(18)23)9-10-2-1-3-13(8-10)19(21)22/h1-9H. The number of nitro groups is 1. The molecule has 24 heavy (non-hydrogen) atoms. The van der Waals surface area contributed by atoms with Gasteiger partial charge in [-0.25, -0.2) is 4.39 Å². The van der Waals surface area contributed by atoms with E-state index in [1.165, 1.54) is 41.3 Å². The van der Waals surface area contributed by atoms with Gasteiger partial charge in [-0.1, -0.05) is 36.1 Å². The second kappa shape index (κ2) is 6.50. The summed E-state index contributed by atoms with van der Waals surface area (Å²) in [7, 11) is 0. The van der Waals surface area contributed by atoms with Crippen molar-refractivity contribution in [2.45, 2.75) is 0 Å². The van der Waals surface area contributed by atoms with E-state index >= 15 is 0 Å². The molecule has 1 aliphatic rings. The molecule has 0 N–H and O–H groups in total. The van der Waals surface area contributed by atoms with Gasteiger partial charge in [0.15, 0.2) is 4.32 Å². The van der Waals surface area contributed by atoms with Gasteiger partial charge in [-0.2, -0.15) is 0 Å². The van der Waals surface area contributed by atoms with E-state index in [0.717, 1.165) is 11.8 Å². The fourth-order valence-electron chi connectivity index (χ4n) is 2.16. The number of hydrogen-bond acceptors (Lipinski definition) is 5. The average molecular weight is 360 g/mol. The first-order valence-electron chi connectivity index (χ1n) is 6.74. The smallest absolute Gasteiger partial charge is 0.268 e.